The van der Waals surface area contributed by atoms with Gasteiger partial charge in [0, 0.05) is 23.5 Å². The van der Waals surface area contributed by atoms with Crippen LogP contribution in [0.3, 0.4) is 0 Å². The van der Waals surface area contributed by atoms with Gasteiger partial charge in [-0.1, -0.05) is 6.92 Å². The summed E-state index contributed by atoms with van der Waals surface area (Å²) in [5.74, 6) is 1.88. The summed E-state index contributed by atoms with van der Waals surface area (Å²) >= 11 is 5.26. The molecule has 0 aromatic carbocycles. The van der Waals surface area contributed by atoms with Crippen molar-refractivity contribution in [1.29, 1.82) is 0 Å². The van der Waals surface area contributed by atoms with Crippen molar-refractivity contribution < 1.29 is 0 Å². The molecule has 6 heteroatoms. The van der Waals surface area contributed by atoms with E-state index in [9.17, 15) is 0 Å². The van der Waals surface area contributed by atoms with E-state index >= 15 is 0 Å². The Labute approximate surface area is 132 Å². The highest BCUT2D eigenvalue weighted by Gasteiger charge is 2.08. The number of hydrogen-bond donors (Lipinski definition) is 2. The molecule has 0 radical (unpaired) electrons. The Morgan fingerprint density at radius 3 is 2.50 bits per heavy atom. The van der Waals surface area contributed by atoms with E-state index in [2.05, 4.69) is 62.5 Å². The first-order valence-corrected chi connectivity index (χ1v) is 8.41. The molecule has 2 aromatic rings. The van der Waals surface area contributed by atoms with Crippen molar-refractivity contribution in [3.05, 3.63) is 32.7 Å². The molecule has 4 nitrogen and oxygen atoms in total. The smallest absolute Gasteiger partial charge is 0.134 e. The van der Waals surface area contributed by atoms with Gasteiger partial charge < -0.3 is 10.6 Å². The summed E-state index contributed by atoms with van der Waals surface area (Å²) in [6, 6.07) is 4.24. The van der Waals surface area contributed by atoms with Gasteiger partial charge in [0.2, 0.25) is 0 Å². The van der Waals surface area contributed by atoms with Crippen LogP contribution >= 0.6 is 27.3 Å². The largest absolute Gasteiger partial charge is 0.370 e. The lowest BCUT2D eigenvalue weighted by atomic mass is 10.2. The van der Waals surface area contributed by atoms with Crippen LogP contribution in [0.4, 0.5) is 11.6 Å². The summed E-state index contributed by atoms with van der Waals surface area (Å²) in [6.45, 7) is 5.94. The zero-order chi connectivity index (χ0) is 14.4. The predicted octanol–water partition coefficient (Wildman–Crippen LogP) is 3.95. The molecule has 2 N–H and O–H groups in total. The average Bonchev–Trinajstić information content (AvgIpc) is 2.85. The van der Waals surface area contributed by atoms with Crippen molar-refractivity contribution in [3.8, 4) is 0 Å². The monoisotopic (exact) mass is 354 g/mol. The molecule has 2 rings (SSSR count). The minimum atomic E-state index is 0.868. The Hall–Kier alpha value is -1.14. The summed E-state index contributed by atoms with van der Waals surface area (Å²) in [5, 5.41) is 6.70. The molecule has 0 bridgehead atoms. The molecule has 0 aliphatic heterocycles. The molecule has 2 heterocycles. The van der Waals surface area contributed by atoms with Crippen molar-refractivity contribution >= 4 is 38.9 Å². The third-order valence-corrected chi connectivity index (χ3v) is 4.62. The molecule has 0 aliphatic carbocycles. The average molecular weight is 355 g/mol. The normalized spacial score (nSPS) is 10.6. The fourth-order valence-corrected chi connectivity index (χ4v) is 3.49. The van der Waals surface area contributed by atoms with Gasteiger partial charge in [0.1, 0.15) is 18.0 Å². The zero-order valence-corrected chi connectivity index (χ0v) is 14.1. The Morgan fingerprint density at radius 2 is 1.90 bits per heavy atom. The number of hydrogen-bond acceptors (Lipinski definition) is 5. The van der Waals surface area contributed by atoms with Gasteiger partial charge in [-0.25, -0.2) is 9.97 Å². The van der Waals surface area contributed by atoms with E-state index in [4.69, 9.17) is 0 Å². The van der Waals surface area contributed by atoms with Crippen molar-refractivity contribution in [3.63, 3.8) is 0 Å². The molecule has 0 saturated heterocycles. The van der Waals surface area contributed by atoms with E-state index in [-0.39, 0.29) is 0 Å². The lowest BCUT2D eigenvalue weighted by Gasteiger charge is -2.13. The van der Waals surface area contributed by atoms with Gasteiger partial charge in [0.05, 0.1) is 3.79 Å². The molecule has 0 unspecified atom stereocenters. The van der Waals surface area contributed by atoms with Crippen LogP contribution in [0.5, 0.6) is 0 Å². The number of nitrogens with one attached hydrogen (secondary N) is 2. The van der Waals surface area contributed by atoms with Gasteiger partial charge in [0.15, 0.2) is 0 Å². The van der Waals surface area contributed by atoms with E-state index < -0.39 is 0 Å². The summed E-state index contributed by atoms with van der Waals surface area (Å²) in [7, 11) is 0. The first kappa shape index (κ1) is 15.3. The van der Waals surface area contributed by atoms with E-state index in [1.54, 1.807) is 17.7 Å². The zero-order valence-electron chi connectivity index (χ0n) is 11.7. The molecule has 2 aromatic heterocycles. The maximum absolute atomic E-state index is 4.36. The second-order valence-electron chi connectivity index (χ2n) is 4.32. The number of halogens is 1. The van der Waals surface area contributed by atoms with Crippen LogP contribution in [-0.4, -0.2) is 23.1 Å². The highest BCUT2D eigenvalue weighted by molar-refractivity contribution is 9.11. The van der Waals surface area contributed by atoms with Gasteiger partial charge in [-0.2, -0.15) is 0 Å². The minimum absolute atomic E-state index is 0.868. The van der Waals surface area contributed by atoms with E-state index in [1.165, 1.54) is 8.66 Å². The first-order chi connectivity index (χ1) is 9.74. The van der Waals surface area contributed by atoms with E-state index in [0.29, 0.717) is 0 Å². The molecule has 0 saturated carbocycles. The fraction of sp³-hybridized carbons (Fsp3) is 0.429. The van der Waals surface area contributed by atoms with Gasteiger partial charge in [-0.15, -0.1) is 11.3 Å². The topological polar surface area (TPSA) is 49.8 Å². The van der Waals surface area contributed by atoms with Crippen LogP contribution < -0.4 is 10.6 Å². The Bertz CT molecular complexity index is 556. The lowest BCUT2D eigenvalue weighted by Crippen LogP contribution is -2.11. The van der Waals surface area contributed by atoms with Crippen LogP contribution in [0, 0.1) is 0 Å². The van der Waals surface area contributed by atoms with Gasteiger partial charge in [0.25, 0.3) is 0 Å². The molecule has 0 atom stereocenters. The minimum Gasteiger partial charge on any atom is -0.370 e. The number of aromatic nitrogens is 2. The van der Waals surface area contributed by atoms with Crippen LogP contribution in [0.15, 0.2) is 22.2 Å². The summed E-state index contributed by atoms with van der Waals surface area (Å²) < 4.78 is 1.18. The predicted molar refractivity (Wildman–Crippen MR) is 89.8 cm³/mol. The molecular weight excluding hydrogens is 336 g/mol. The number of anilines is 2. The Kier molecular flexibility index (Phi) is 5.79. The molecule has 0 amide bonds. The van der Waals surface area contributed by atoms with E-state index in [1.807, 2.05) is 0 Å². The molecule has 108 valence electrons. The Morgan fingerprint density at radius 1 is 1.15 bits per heavy atom. The first-order valence-electron chi connectivity index (χ1n) is 6.80. The molecule has 20 heavy (non-hydrogen) atoms. The fourth-order valence-electron chi connectivity index (χ4n) is 2.01. The van der Waals surface area contributed by atoms with E-state index in [0.717, 1.165) is 43.1 Å². The second kappa shape index (κ2) is 7.59. The Balaban J connectivity index is 1.99. The third-order valence-electron chi connectivity index (χ3n) is 2.94. The van der Waals surface area contributed by atoms with Crippen LogP contribution in [0.2, 0.25) is 0 Å². The second-order valence-corrected chi connectivity index (χ2v) is 6.86. The van der Waals surface area contributed by atoms with Crippen molar-refractivity contribution in [2.45, 2.75) is 26.7 Å². The molecule has 0 spiro atoms. The number of rotatable bonds is 7. The number of thiophene rings is 1. The van der Waals surface area contributed by atoms with Crippen LogP contribution in [0.25, 0.3) is 0 Å². The van der Waals surface area contributed by atoms with Gasteiger partial charge in [-0.3, -0.25) is 0 Å². The van der Waals surface area contributed by atoms with Crippen molar-refractivity contribution in [2.24, 2.45) is 0 Å². The van der Waals surface area contributed by atoms with Gasteiger partial charge >= 0.3 is 0 Å². The highest BCUT2D eigenvalue weighted by Crippen LogP contribution is 2.23. The SMILES string of the molecule is CCNc1ncnc(NCCc2ccc(Br)s2)c1CC. The summed E-state index contributed by atoms with van der Waals surface area (Å²) in [5.41, 5.74) is 1.15. The number of nitrogens with zero attached hydrogens (tertiary/aromatic N) is 2. The summed E-state index contributed by atoms with van der Waals surface area (Å²) in [6.07, 6.45) is 3.53. The summed E-state index contributed by atoms with van der Waals surface area (Å²) in [4.78, 5) is 10.0. The van der Waals surface area contributed by atoms with Crippen molar-refractivity contribution in [2.75, 3.05) is 23.7 Å². The maximum Gasteiger partial charge on any atom is 0.134 e. The standard InChI is InChI=1S/C14H19BrN4S/c1-3-11-13(16-4-2)18-9-19-14(11)17-8-7-10-5-6-12(15)20-10/h5-6,9H,3-4,7-8H2,1-2H3,(H2,16,17,18,19). The van der Waals surface area contributed by atoms with Crippen LogP contribution in [0.1, 0.15) is 24.3 Å². The lowest BCUT2D eigenvalue weighted by molar-refractivity contribution is 0.979. The van der Waals surface area contributed by atoms with Gasteiger partial charge in [-0.05, 0) is 47.8 Å². The highest BCUT2D eigenvalue weighted by atomic mass is 79.9. The molecular formula is C14H19BrN4S. The maximum atomic E-state index is 4.36. The third kappa shape index (κ3) is 3.93. The van der Waals surface area contributed by atoms with Crippen LogP contribution in [-0.2, 0) is 12.8 Å². The molecule has 0 fully saturated rings. The van der Waals surface area contributed by atoms with Crippen molar-refractivity contribution in [1.82, 2.24) is 9.97 Å². The quantitative estimate of drug-likeness (QED) is 0.790. The molecule has 0 aliphatic rings.